The Morgan fingerprint density at radius 3 is 2.67 bits per heavy atom. The van der Waals surface area contributed by atoms with Crippen LogP contribution in [-0.2, 0) is 0 Å². The Labute approximate surface area is 116 Å². The van der Waals surface area contributed by atoms with Gasteiger partial charge in [0.2, 0.25) is 0 Å². The van der Waals surface area contributed by atoms with Crippen molar-refractivity contribution in [2.75, 3.05) is 26.2 Å². The van der Waals surface area contributed by atoms with Crippen molar-refractivity contribution in [2.45, 2.75) is 6.92 Å². The van der Waals surface area contributed by atoms with Crippen LogP contribution in [0.25, 0.3) is 0 Å². The molecular weight excluding hydrogens is 292 g/mol. The Morgan fingerprint density at radius 2 is 2.00 bits per heavy atom. The van der Waals surface area contributed by atoms with E-state index in [1.54, 1.807) is 0 Å². The topological polar surface area (TPSA) is 32.3 Å². The predicted octanol–water partition coefficient (Wildman–Crippen LogP) is 2.05. The van der Waals surface area contributed by atoms with Gasteiger partial charge < -0.3 is 10.2 Å². The summed E-state index contributed by atoms with van der Waals surface area (Å²) in [5.74, 6) is 1.49. The molecule has 0 unspecified atom stereocenters. The van der Waals surface area contributed by atoms with Gasteiger partial charge in [-0.25, -0.2) is 0 Å². The second kappa shape index (κ2) is 4.67. The maximum Gasteiger partial charge on any atom is 0.254 e. The van der Waals surface area contributed by atoms with Crippen LogP contribution in [0.3, 0.4) is 0 Å². The van der Waals surface area contributed by atoms with Crippen LogP contribution >= 0.6 is 15.9 Å². The number of benzene rings is 1. The number of hydrogen-bond donors (Lipinski definition) is 1. The van der Waals surface area contributed by atoms with Gasteiger partial charge in [-0.3, -0.25) is 4.79 Å². The standard InChI is InChI=1S/C14H17BrN2O/c1-9-2-3-12(15)4-13(9)14(18)17-7-10-5-16-6-11(10)8-17/h2-4,10-11,16H,5-8H2,1H3/t10-,11+. The van der Waals surface area contributed by atoms with E-state index in [4.69, 9.17) is 0 Å². The molecule has 1 N–H and O–H groups in total. The fourth-order valence-electron chi connectivity index (χ4n) is 3.02. The highest BCUT2D eigenvalue weighted by Gasteiger charge is 2.38. The maximum atomic E-state index is 12.5. The van der Waals surface area contributed by atoms with Gasteiger partial charge in [-0.15, -0.1) is 0 Å². The van der Waals surface area contributed by atoms with Gasteiger partial charge in [0.1, 0.15) is 0 Å². The molecule has 18 heavy (non-hydrogen) atoms. The fraction of sp³-hybridized carbons (Fsp3) is 0.500. The SMILES string of the molecule is Cc1ccc(Br)cc1C(=O)N1C[C@H]2CNC[C@H]2C1. The lowest BCUT2D eigenvalue weighted by Gasteiger charge is -2.19. The summed E-state index contributed by atoms with van der Waals surface area (Å²) in [6.45, 7) is 5.93. The molecule has 3 nitrogen and oxygen atoms in total. The number of carbonyl (C=O) groups is 1. The van der Waals surface area contributed by atoms with Crippen molar-refractivity contribution in [1.82, 2.24) is 10.2 Å². The van der Waals surface area contributed by atoms with Gasteiger partial charge in [-0.1, -0.05) is 22.0 Å². The molecule has 2 atom stereocenters. The first-order valence-corrected chi connectivity index (χ1v) is 7.20. The molecule has 0 spiro atoms. The van der Waals surface area contributed by atoms with Gasteiger partial charge in [0.15, 0.2) is 0 Å². The first kappa shape index (κ1) is 12.2. The lowest BCUT2D eigenvalue weighted by molar-refractivity contribution is 0.0781. The van der Waals surface area contributed by atoms with E-state index in [9.17, 15) is 4.79 Å². The second-order valence-corrected chi connectivity index (χ2v) is 6.26. The number of nitrogens with one attached hydrogen (secondary N) is 1. The average Bonchev–Trinajstić information content (AvgIpc) is 2.91. The molecule has 1 aromatic carbocycles. The molecule has 1 aromatic rings. The van der Waals surface area contributed by atoms with Gasteiger partial charge in [-0.2, -0.15) is 0 Å². The molecule has 2 aliphatic rings. The van der Waals surface area contributed by atoms with Crippen LogP contribution in [0.15, 0.2) is 22.7 Å². The van der Waals surface area contributed by atoms with E-state index in [-0.39, 0.29) is 5.91 Å². The smallest absolute Gasteiger partial charge is 0.254 e. The summed E-state index contributed by atoms with van der Waals surface area (Å²) in [5, 5.41) is 3.40. The third-order valence-corrected chi connectivity index (χ3v) is 4.60. The van der Waals surface area contributed by atoms with Crippen molar-refractivity contribution in [3.05, 3.63) is 33.8 Å². The predicted molar refractivity (Wildman–Crippen MR) is 74.6 cm³/mol. The van der Waals surface area contributed by atoms with Crippen LogP contribution < -0.4 is 5.32 Å². The molecule has 0 radical (unpaired) electrons. The summed E-state index contributed by atoms with van der Waals surface area (Å²) in [7, 11) is 0. The number of hydrogen-bond acceptors (Lipinski definition) is 2. The molecule has 1 amide bonds. The number of aryl methyl sites for hydroxylation is 1. The lowest BCUT2D eigenvalue weighted by Crippen LogP contribution is -2.32. The molecule has 0 aliphatic carbocycles. The molecule has 4 heteroatoms. The number of halogens is 1. The lowest BCUT2D eigenvalue weighted by atomic mass is 10.0. The summed E-state index contributed by atoms with van der Waals surface area (Å²) in [5.41, 5.74) is 1.88. The summed E-state index contributed by atoms with van der Waals surface area (Å²) in [6.07, 6.45) is 0. The number of nitrogens with zero attached hydrogens (tertiary/aromatic N) is 1. The molecule has 96 valence electrons. The maximum absolute atomic E-state index is 12.5. The molecular formula is C14H17BrN2O. The van der Waals surface area contributed by atoms with Crippen molar-refractivity contribution >= 4 is 21.8 Å². The third-order valence-electron chi connectivity index (χ3n) is 4.11. The zero-order valence-corrected chi connectivity index (χ0v) is 12.0. The van der Waals surface area contributed by atoms with Crippen LogP contribution in [0.2, 0.25) is 0 Å². The first-order valence-electron chi connectivity index (χ1n) is 6.41. The second-order valence-electron chi connectivity index (χ2n) is 5.35. The average molecular weight is 309 g/mol. The summed E-state index contributed by atoms with van der Waals surface area (Å²) in [4.78, 5) is 14.6. The highest BCUT2D eigenvalue weighted by Crippen LogP contribution is 2.28. The molecule has 2 saturated heterocycles. The fourth-order valence-corrected chi connectivity index (χ4v) is 3.38. The number of fused-ring (bicyclic) bond motifs is 1. The molecule has 2 aliphatic heterocycles. The molecule has 2 heterocycles. The Bertz CT molecular complexity index is 477. The molecule has 0 aromatic heterocycles. The molecule has 2 fully saturated rings. The van der Waals surface area contributed by atoms with E-state index >= 15 is 0 Å². The van der Waals surface area contributed by atoms with Gasteiger partial charge in [0.25, 0.3) is 5.91 Å². The molecule has 0 saturated carbocycles. The largest absolute Gasteiger partial charge is 0.338 e. The van der Waals surface area contributed by atoms with Crippen LogP contribution in [0.1, 0.15) is 15.9 Å². The Kier molecular flexibility index (Phi) is 3.16. The highest BCUT2D eigenvalue weighted by molar-refractivity contribution is 9.10. The number of carbonyl (C=O) groups excluding carboxylic acids is 1. The summed E-state index contributed by atoms with van der Waals surface area (Å²) >= 11 is 3.44. The minimum Gasteiger partial charge on any atom is -0.338 e. The van der Waals surface area contributed by atoms with Gasteiger partial charge in [0, 0.05) is 36.2 Å². The van der Waals surface area contributed by atoms with Crippen LogP contribution in [0.5, 0.6) is 0 Å². The minimum absolute atomic E-state index is 0.184. The van der Waals surface area contributed by atoms with E-state index in [1.807, 2.05) is 30.0 Å². The summed E-state index contributed by atoms with van der Waals surface area (Å²) in [6, 6.07) is 5.91. The molecule has 3 rings (SSSR count). The highest BCUT2D eigenvalue weighted by atomic mass is 79.9. The van der Waals surface area contributed by atoms with E-state index in [1.165, 1.54) is 0 Å². The van der Waals surface area contributed by atoms with Crippen LogP contribution in [0.4, 0.5) is 0 Å². The van der Waals surface area contributed by atoms with Gasteiger partial charge in [-0.05, 0) is 36.5 Å². The van der Waals surface area contributed by atoms with E-state index in [2.05, 4.69) is 21.2 Å². The Balaban J connectivity index is 1.81. The normalized spacial score (nSPS) is 26.4. The van der Waals surface area contributed by atoms with E-state index < -0.39 is 0 Å². The Morgan fingerprint density at radius 1 is 1.33 bits per heavy atom. The van der Waals surface area contributed by atoms with Gasteiger partial charge in [0.05, 0.1) is 0 Å². The number of rotatable bonds is 1. The van der Waals surface area contributed by atoms with Crippen molar-refractivity contribution in [3.8, 4) is 0 Å². The van der Waals surface area contributed by atoms with Crippen LogP contribution in [-0.4, -0.2) is 37.0 Å². The number of amides is 1. The van der Waals surface area contributed by atoms with Crippen LogP contribution in [0, 0.1) is 18.8 Å². The third kappa shape index (κ3) is 2.08. The van der Waals surface area contributed by atoms with Crippen molar-refractivity contribution in [2.24, 2.45) is 11.8 Å². The first-order chi connectivity index (χ1) is 8.65. The van der Waals surface area contributed by atoms with Crippen molar-refractivity contribution < 1.29 is 4.79 Å². The monoisotopic (exact) mass is 308 g/mol. The zero-order chi connectivity index (χ0) is 12.7. The van der Waals surface area contributed by atoms with Crippen molar-refractivity contribution in [1.29, 1.82) is 0 Å². The summed E-state index contributed by atoms with van der Waals surface area (Å²) < 4.78 is 0.970. The molecule has 0 bridgehead atoms. The van der Waals surface area contributed by atoms with Crippen molar-refractivity contribution in [3.63, 3.8) is 0 Å². The minimum atomic E-state index is 0.184. The Hall–Kier alpha value is -0.870. The number of likely N-dealkylation sites (tertiary alicyclic amines) is 1. The van der Waals surface area contributed by atoms with Gasteiger partial charge >= 0.3 is 0 Å². The van der Waals surface area contributed by atoms with E-state index in [0.29, 0.717) is 11.8 Å². The zero-order valence-electron chi connectivity index (χ0n) is 10.4. The quantitative estimate of drug-likeness (QED) is 0.861. The van der Waals surface area contributed by atoms with E-state index in [0.717, 1.165) is 41.8 Å².